The molecule has 2 heterocycles. The minimum atomic E-state index is -4.60. The summed E-state index contributed by atoms with van der Waals surface area (Å²) in [6.07, 6.45) is -2.31. The minimum absolute atomic E-state index is 0.0411. The molecule has 1 unspecified atom stereocenters. The Kier molecular flexibility index (Phi) is 5.44. The molecule has 9 heteroatoms. The lowest BCUT2D eigenvalue weighted by Crippen LogP contribution is -2.24. The van der Waals surface area contributed by atoms with Crippen molar-refractivity contribution in [3.8, 4) is 11.4 Å². The van der Waals surface area contributed by atoms with Crippen molar-refractivity contribution in [2.75, 3.05) is 0 Å². The molecule has 148 valence electrons. The molecule has 0 aliphatic rings. The Labute approximate surface area is 156 Å². The van der Waals surface area contributed by atoms with Gasteiger partial charge in [0.1, 0.15) is 12.0 Å². The van der Waals surface area contributed by atoms with Gasteiger partial charge in [-0.1, -0.05) is 13.3 Å². The zero-order valence-electron chi connectivity index (χ0n) is 14.8. The Morgan fingerprint density at radius 1 is 1.18 bits per heavy atom. The van der Waals surface area contributed by atoms with Crippen LogP contribution in [0.1, 0.15) is 25.3 Å². The third kappa shape index (κ3) is 4.02. The van der Waals surface area contributed by atoms with Crippen LogP contribution in [0.15, 0.2) is 41.6 Å². The van der Waals surface area contributed by atoms with Gasteiger partial charge in [-0.15, -0.1) is 0 Å². The van der Waals surface area contributed by atoms with Gasteiger partial charge in [-0.2, -0.15) is 13.2 Å². The first-order valence-electron chi connectivity index (χ1n) is 8.57. The van der Waals surface area contributed by atoms with Crippen LogP contribution >= 0.6 is 0 Å². The highest BCUT2D eigenvalue weighted by Gasteiger charge is 2.31. The Morgan fingerprint density at radius 2 is 1.86 bits per heavy atom. The Balaban J connectivity index is 2.01. The summed E-state index contributed by atoms with van der Waals surface area (Å²) in [4.78, 5) is 19.7. The number of fused-ring (bicyclic) bond motifs is 1. The lowest BCUT2D eigenvalue weighted by Gasteiger charge is -2.11. The molecule has 0 N–H and O–H groups in total. The van der Waals surface area contributed by atoms with Crippen LogP contribution in [-0.4, -0.2) is 20.7 Å². The highest BCUT2D eigenvalue weighted by molar-refractivity contribution is 5.85. The molecule has 4 nitrogen and oxygen atoms in total. The van der Waals surface area contributed by atoms with Crippen LogP contribution in [0.25, 0.3) is 22.2 Å². The van der Waals surface area contributed by atoms with E-state index in [0.717, 1.165) is 6.07 Å². The molecule has 0 aliphatic carbocycles. The van der Waals surface area contributed by atoms with Crippen LogP contribution in [0.5, 0.6) is 0 Å². The highest BCUT2D eigenvalue weighted by atomic mass is 19.4. The maximum atomic E-state index is 14.5. The molecule has 1 atom stereocenters. The van der Waals surface area contributed by atoms with Gasteiger partial charge in [-0.3, -0.25) is 4.79 Å². The molecule has 0 fully saturated rings. The maximum absolute atomic E-state index is 14.5. The molecule has 2 aromatic heterocycles. The summed E-state index contributed by atoms with van der Waals surface area (Å²) in [7, 11) is 0. The van der Waals surface area contributed by atoms with Gasteiger partial charge in [0.2, 0.25) is 0 Å². The monoisotopic (exact) mass is 397 g/mol. The van der Waals surface area contributed by atoms with E-state index in [0.29, 0.717) is 30.6 Å². The SMILES string of the molecule is CCCC(F)Cn1ccc2cc(-c3ncc(C(F)(F)F)cn3)c(F)cc2c1=O. The van der Waals surface area contributed by atoms with Crippen LogP contribution in [0.2, 0.25) is 0 Å². The molecule has 28 heavy (non-hydrogen) atoms. The molecule has 1 aromatic carbocycles. The lowest BCUT2D eigenvalue weighted by molar-refractivity contribution is -0.138. The molecule has 0 amide bonds. The van der Waals surface area contributed by atoms with Crippen molar-refractivity contribution >= 4 is 10.8 Å². The van der Waals surface area contributed by atoms with E-state index in [4.69, 9.17) is 0 Å². The van der Waals surface area contributed by atoms with Crippen molar-refractivity contribution in [3.63, 3.8) is 0 Å². The Hall–Kier alpha value is -2.84. The van der Waals surface area contributed by atoms with Crippen LogP contribution < -0.4 is 5.56 Å². The van der Waals surface area contributed by atoms with Crippen LogP contribution in [-0.2, 0) is 12.7 Å². The zero-order valence-corrected chi connectivity index (χ0v) is 14.8. The second-order valence-corrected chi connectivity index (χ2v) is 6.37. The first-order valence-corrected chi connectivity index (χ1v) is 8.57. The summed E-state index contributed by atoms with van der Waals surface area (Å²) in [5, 5.41) is 0.395. The normalized spacial score (nSPS) is 13.1. The molecule has 0 bridgehead atoms. The van der Waals surface area contributed by atoms with E-state index >= 15 is 0 Å². The van der Waals surface area contributed by atoms with Crippen LogP contribution in [0.4, 0.5) is 22.0 Å². The van der Waals surface area contributed by atoms with E-state index < -0.39 is 29.3 Å². The summed E-state index contributed by atoms with van der Waals surface area (Å²) in [6, 6.07) is 3.78. The minimum Gasteiger partial charge on any atom is -0.312 e. The fraction of sp³-hybridized carbons (Fsp3) is 0.316. The van der Waals surface area contributed by atoms with Crippen molar-refractivity contribution in [3.05, 3.63) is 58.5 Å². The number of benzene rings is 1. The van der Waals surface area contributed by atoms with E-state index in [1.165, 1.54) is 22.9 Å². The largest absolute Gasteiger partial charge is 0.419 e. The number of rotatable bonds is 5. The fourth-order valence-electron chi connectivity index (χ4n) is 2.85. The third-order valence-electron chi connectivity index (χ3n) is 4.28. The van der Waals surface area contributed by atoms with Crippen LogP contribution in [0.3, 0.4) is 0 Å². The third-order valence-corrected chi connectivity index (χ3v) is 4.28. The smallest absolute Gasteiger partial charge is 0.312 e. The predicted molar refractivity (Wildman–Crippen MR) is 94.0 cm³/mol. The van der Waals surface area contributed by atoms with Crippen LogP contribution in [0, 0.1) is 5.82 Å². The number of hydrogen-bond donors (Lipinski definition) is 0. The van der Waals surface area contributed by atoms with Gasteiger partial charge >= 0.3 is 6.18 Å². The van der Waals surface area contributed by atoms with Gasteiger partial charge in [0.25, 0.3) is 5.56 Å². The average Bonchev–Trinajstić information content (AvgIpc) is 2.64. The van der Waals surface area contributed by atoms with Crippen molar-refractivity contribution in [2.45, 2.75) is 38.7 Å². The summed E-state index contributed by atoms with van der Waals surface area (Å²) >= 11 is 0. The summed E-state index contributed by atoms with van der Waals surface area (Å²) < 4.78 is 67.3. The molecular weight excluding hydrogens is 381 g/mol. The predicted octanol–water partition coefficient (Wildman–Crippen LogP) is 4.75. The summed E-state index contributed by atoms with van der Waals surface area (Å²) in [6.45, 7) is 1.70. The van der Waals surface area contributed by atoms with E-state index in [1.807, 2.05) is 6.92 Å². The highest BCUT2D eigenvalue weighted by Crippen LogP contribution is 2.29. The van der Waals surface area contributed by atoms with E-state index in [9.17, 15) is 26.7 Å². The van der Waals surface area contributed by atoms with Gasteiger partial charge in [-0.05, 0) is 30.0 Å². The molecule has 0 saturated carbocycles. The maximum Gasteiger partial charge on any atom is 0.419 e. The average molecular weight is 397 g/mol. The van der Waals surface area contributed by atoms with Gasteiger partial charge < -0.3 is 4.57 Å². The molecule has 0 spiro atoms. The van der Waals surface area contributed by atoms with Crippen molar-refractivity contribution < 1.29 is 22.0 Å². The first kappa shape index (κ1) is 19.9. The Morgan fingerprint density at radius 3 is 2.46 bits per heavy atom. The first-order chi connectivity index (χ1) is 13.2. The number of pyridine rings is 1. The summed E-state index contributed by atoms with van der Waals surface area (Å²) in [5.41, 5.74) is -1.73. The van der Waals surface area contributed by atoms with Gasteiger partial charge in [0.05, 0.1) is 23.1 Å². The zero-order chi connectivity index (χ0) is 20.5. The van der Waals surface area contributed by atoms with E-state index in [-0.39, 0.29) is 23.3 Å². The standard InChI is InChI=1S/C19H16F5N3O/c1-2-3-13(20)10-27-5-4-11-6-15(16(21)7-14(11)18(27)28)17-25-8-12(9-26-17)19(22,23)24/h4-9,13H,2-3,10H2,1H3. The van der Waals surface area contributed by atoms with Gasteiger partial charge in [-0.25, -0.2) is 18.7 Å². The molecule has 0 aliphatic heterocycles. The molecule has 0 radical (unpaired) electrons. The Bertz CT molecular complexity index is 1040. The van der Waals surface area contributed by atoms with E-state index in [2.05, 4.69) is 9.97 Å². The number of hydrogen-bond acceptors (Lipinski definition) is 3. The van der Waals surface area contributed by atoms with Crippen molar-refractivity contribution in [1.82, 2.24) is 14.5 Å². The molecule has 3 rings (SSSR count). The second kappa shape index (κ2) is 7.65. The quantitative estimate of drug-likeness (QED) is 0.584. The molecule has 0 saturated heterocycles. The number of halogens is 5. The molecular formula is C19H16F5N3O. The second-order valence-electron chi connectivity index (χ2n) is 6.37. The van der Waals surface area contributed by atoms with Gasteiger partial charge in [0.15, 0.2) is 5.82 Å². The summed E-state index contributed by atoms with van der Waals surface area (Å²) in [5.74, 6) is -1.09. The molecule has 3 aromatic rings. The van der Waals surface area contributed by atoms with Gasteiger partial charge in [0, 0.05) is 18.6 Å². The topological polar surface area (TPSA) is 47.8 Å². The number of nitrogens with zero attached hydrogens (tertiary/aromatic N) is 3. The number of alkyl halides is 4. The van der Waals surface area contributed by atoms with Crippen molar-refractivity contribution in [1.29, 1.82) is 0 Å². The van der Waals surface area contributed by atoms with Crippen molar-refractivity contribution in [2.24, 2.45) is 0 Å². The van der Waals surface area contributed by atoms with E-state index in [1.54, 1.807) is 0 Å². The lowest BCUT2D eigenvalue weighted by atomic mass is 10.1. The fourth-order valence-corrected chi connectivity index (χ4v) is 2.85. The number of aromatic nitrogens is 3.